The SMILES string of the molecule is CCCN(CC1CCCCN1)C(CC)c1ccc(Br)cc1. The summed E-state index contributed by atoms with van der Waals surface area (Å²) in [6, 6.07) is 10.1. The summed E-state index contributed by atoms with van der Waals surface area (Å²) < 4.78 is 1.16. The average Bonchev–Trinajstić information content (AvgIpc) is 2.51. The van der Waals surface area contributed by atoms with Crippen LogP contribution < -0.4 is 5.32 Å². The minimum atomic E-state index is 0.543. The van der Waals surface area contributed by atoms with E-state index in [1.165, 1.54) is 57.3 Å². The molecule has 1 aromatic carbocycles. The second-order valence-corrected chi connectivity index (χ2v) is 7.03. The van der Waals surface area contributed by atoms with E-state index in [0.29, 0.717) is 12.1 Å². The summed E-state index contributed by atoms with van der Waals surface area (Å²) in [5.41, 5.74) is 1.45. The van der Waals surface area contributed by atoms with Crippen LogP contribution in [0.15, 0.2) is 28.7 Å². The van der Waals surface area contributed by atoms with Crippen LogP contribution in [0.2, 0.25) is 0 Å². The number of benzene rings is 1. The molecular weight excluding hydrogens is 324 g/mol. The summed E-state index contributed by atoms with van der Waals surface area (Å²) >= 11 is 3.54. The zero-order chi connectivity index (χ0) is 15.1. The Labute approximate surface area is 138 Å². The Bertz CT molecular complexity index is 398. The van der Waals surface area contributed by atoms with Crippen molar-refractivity contribution in [3.63, 3.8) is 0 Å². The molecule has 1 saturated heterocycles. The van der Waals surface area contributed by atoms with Crippen LogP contribution in [0.4, 0.5) is 0 Å². The standard InChI is InChI=1S/C18H29BrN2/c1-3-13-21(14-17-7-5-6-12-20-17)18(4-2)15-8-10-16(19)11-9-15/h8-11,17-18,20H,3-7,12-14H2,1-2H3. The van der Waals surface area contributed by atoms with Gasteiger partial charge in [0.15, 0.2) is 0 Å². The highest BCUT2D eigenvalue weighted by atomic mass is 79.9. The quantitative estimate of drug-likeness (QED) is 0.761. The predicted molar refractivity (Wildman–Crippen MR) is 94.7 cm³/mol. The van der Waals surface area contributed by atoms with E-state index in [1.807, 2.05) is 0 Å². The van der Waals surface area contributed by atoms with Gasteiger partial charge in [-0.15, -0.1) is 0 Å². The molecule has 0 aliphatic carbocycles. The van der Waals surface area contributed by atoms with E-state index in [-0.39, 0.29) is 0 Å². The first kappa shape index (κ1) is 17.0. The van der Waals surface area contributed by atoms with Gasteiger partial charge < -0.3 is 5.32 Å². The van der Waals surface area contributed by atoms with Crippen molar-refractivity contribution in [3.8, 4) is 0 Å². The third-order valence-electron chi connectivity index (χ3n) is 4.46. The van der Waals surface area contributed by atoms with E-state index in [2.05, 4.69) is 64.3 Å². The van der Waals surface area contributed by atoms with Crippen molar-refractivity contribution in [1.29, 1.82) is 0 Å². The molecule has 1 N–H and O–H groups in total. The molecule has 3 heteroatoms. The monoisotopic (exact) mass is 352 g/mol. The molecule has 118 valence electrons. The van der Waals surface area contributed by atoms with E-state index < -0.39 is 0 Å². The van der Waals surface area contributed by atoms with Gasteiger partial charge in [0.1, 0.15) is 0 Å². The lowest BCUT2D eigenvalue weighted by Crippen LogP contribution is -2.45. The molecule has 1 heterocycles. The van der Waals surface area contributed by atoms with Crippen molar-refractivity contribution in [2.75, 3.05) is 19.6 Å². The minimum Gasteiger partial charge on any atom is -0.313 e. The Morgan fingerprint density at radius 1 is 1.24 bits per heavy atom. The summed E-state index contributed by atoms with van der Waals surface area (Å²) in [7, 11) is 0. The van der Waals surface area contributed by atoms with Gasteiger partial charge in [-0.1, -0.05) is 48.3 Å². The van der Waals surface area contributed by atoms with E-state index in [4.69, 9.17) is 0 Å². The maximum absolute atomic E-state index is 3.70. The Hall–Kier alpha value is -0.380. The molecule has 0 amide bonds. The molecule has 2 atom stereocenters. The lowest BCUT2D eigenvalue weighted by molar-refractivity contribution is 0.161. The second kappa shape index (κ2) is 8.92. The molecule has 1 aromatic rings. The number of piperidine rings is 1. The molecule has 0 spiro atoms. The number of hydrogen-bond donors (Lipinski definition) is 1. The third kappa shape index (κ3) is 5.08. The van der Waals surface area contributed by atoms with E-state index in [1.54, 1.807) is 0 Å². The fraction of sp³-hybridized carbons (Fsp3) is 0.667. The van der Waals surface area contributed by atoms with Crippen LogP contribution >= 0.6 is 15.9 Å². The molecule has 21 heavy (non-hydrogen) atoms. The Morgan fingerprint density at radius 3 is 2.57 bits per heavy atom. The number of halogens is 1. The molecule has 2 unspecified atom stereocenters. The maximum atomic E-state index is 3.70. The van der Waals surface area contributed by atoms with Gasteiger partial charge in [0.05, 0.1) is 0 Å². The van der Waals surface area contributed by atoms with Crippen LogP contribution in [0.5, 0.6) is 0 Å². The van der Waals surface area contributed by atoms with Gasteiger partial charge in [0.25, 0.3) is 0 Å². The lowest BCUT2D eigenvalue weighted by atomic mass is 9.99. The summed E-state index contributed by atoms with van der Waals surface area (Å²) in [4.78, 5) is 2.69. The van der Waals surface area contributed by atoms with Crippen LogP contribution in [0.25, 0.3) is 0 Å². The number of hydrogen-bond acceptors (Lipinski definition) is 2. The van der Waals surface area contributed by atoms with Crippen LogP contribution in [0, 0.1) is 0 Å². The topological polar surface area (TPSA) is 15.3 Å². The maximum Gasteiger partial charge on any atom is 0.0346 e. The number of rotatable bonds is 7. The van der Waals surface area contributed by atoms with Gasteiger partial charge >= 0.3 is 0 Å². The normalized spacial score (nSPS) is 20.7. The molecular formula is C18H29BrN2. The third-order valence-corrected chi connectivity index (χ3v) is 4.99. The van der Waals surface area contributed by atoms with E-state index in [0.717, 1.165) is 4.47 Å². The van der Waals surface area contributed by atoms with Crippen LogP contribution in [-0.4, -0.2) is 30.6 Å². The smallest absolute Gasteiger partial charge is 0.0346 e. The number of nitrogens with one attached hydrogen (secondary N) is 1. The molecule has 0 aromatic heterocycles. The van der Waals surface area contributed by atoms with E-state index >= 15 is 0 Å². The van der Waals surface area contributed by atoms with Crippen LogP contribution in [-0.2, 0) is 0 Å². The molecule has 2 nitrogen and oxygen atoms in total. The summed E-state index contributed by atoms with van der Waals surface area (Å²) in [5, 5.41) is 3.70. The van der Waals surface area contributed by atoms with Gasteiger partial charge in [-0.25, -0.2) is 0 Å². The molecule has 2 rings (SSSR count). The highest BCUT2D eigenvalue weighted by molar-refractivity contribution is 9.10. The van der Waals surface area contributed by atoms with Crippen molar-refractivity contribution in [3.05, 3.63) is 34.3 Å². The van der Waals surface area contributed by atoms with Crippen molar-refractivity contribution in [2.45, 2.75) is 58.0 Å². The zero-order valence-corrected chi connectivity index (χ0v) is 15.0. The lowest BCUT2D eigenvalue weighted by Gasteiger charge is -2.36. The second-order valence-electron chi connectivity index (χ2n) is 6.12. The van der Waals surface area contributed by atoms with Crippen LogP contribution in [0.1, 0.15) is 57.6 Å². The number of nitrogens with zero attached hydrogens (tertiary/aromatic N) is 1. The zero-order valence-electron chi connectivity index (χ0n) is 13.4. The predicted octanol–water partition coefficient (Wildman–Crippen LogP) is 4.75. The Balaban J connectivity index is 2.07. The summed E-state index contributed by atoms with van der Waals surface area (Å²) in [6.45, 7) is 8.16. The highest BCUT2D eigenvalue weighted by Crippen LogP contribution is 2.26. The largest absolute Gasteiger partial charge is 0.313 e. The van der Waals surface area contributed by atoms with Gasteiger partial charge in [-0.2, -0.15) is 0 Å². The molecule has 0 saturated carbocycles. The average molecular weight is 353 g/mol. The van der Waals surface area contributed by atoms with Gasteiger partial charge in [0, 0.05) is 23.1 Å². The summed E-state index contributed by atoms with van der Waals surface area (Å²) in [6.07, 6.45) is 6.45. The van der Waals surface area contributed by atoms with Crippen molar-refractivity contribution < 1.29 is 0 Å². The fourth-order valence-corrected chi connectivity index (χ4v) is 3.68. The summed E-state index contributed by atoms with van der Waals surface area (Å²) in [5.74, 6) is 0. The van der Waals surface area contributed by atoms with Crippen molar-refractivity contribution >= 4 is 15.9 Å². The molecule has 1 aliphatic heterocycles. The minimum absolute atomic E-state index is 0.543. The Kier molecular flexibility index (Phi) is 7.21. The van der Waals surface area contributed by atoms with Gasteiger partial charge in [-0.3, -0.25) is 4.90 Å². The first-order valence-corrected chi connectivity index (χ1v) is 9.26. The fourth-order valence-electron chi connectivity index (χ4n) is 3.41. The molecule has 1 fully saturated rings. The van der Waals surface area contributed by atoms with Crippen molar-refractivity contribution in [1.82, 2.24) is 10.2 Å². The van der Waals surface area contributed by atoms with Crippen LogP contribution in [0.3, 0.4) is 0 Å². The molecule has 0 bridgehead atoms. The van der Waals surface area contributed by atoms with Gasteiger partial charge in [-0.05, 0) is 56.5 Å². The Morgan fingerprint density at radius 2 is 2.00 bits per heavy atom. The first-order chi connectivity index (χ1) is 10.2. The van der Waals surface area contributed by atoms with E-state index in [9.17, 15) is 0 Å². The van der Waals surface area contributed by atoms with Crippen molar-refractivity contribution in [2.24, 2.45) is 0 Å². The van der Waals surface area contributed by atoms with Gasteiger partial charge in [0.2, 0.25) is 0 Å². The molecule has 1 aliphatic rings. The highest BCUT2D eigenvalue weighted by Gasteiger charge is 2.22. The first-order valence-electron chi connectivity index (χ1n) is 8.47. The molecule has 0 radical (unpaired) electrons.